The summed E-state index contributed by atoms with van der Waals surface area (Å²) in [5, 5.41) is 0. The third kappa shape index (κ3) is 0.826. The number of hydrogen-bond acceptors (Lipinski definition) is 0. The molecule has 0 aliphatic carbocycles. The van der Waals surface area contributed by atoms with Crippen molar-refractivity contribution in [1.82, 2.24) is 0 Å². The Balaban J connectivity index is 2.65. The van der Waals surface area contributed by atoms with E-state index in [0.29, 0.717) is 6.04 Å². The number of pyridine rings is 1. The molecular weight excluding hydrogens is 146 g/mol. The lowest BCUT2D eigenvalue weighted by Crippen LogP contribution is -2.37. The van der Waals surface area contributed by atoms with Crippen molar-refractivity contribution in [3.05, 3.63) is 35.7 Å². The fourth-order valence-electron chi connectivity index (χ4n) is 1.84. The molecule has 0 N–H and O–H groups in total. The van der Waals surface area contributed by atoms with E-state index in [1.165, 1.54) is 16.8 Å². The van der Waals surface area contributed by atoms with E-state index in [2.05, 4.69) is 49.7 Å². The maximum atomic E-state index is 2.32. The second-order valence-corrected chi connectivity index (χ2v) is 3.48. The highest BCUT2D eigenvalue weighted by Gasteiger charge is 2.29. The Kier molecular flexibility index (Phi) is 1.53. The van der Waals surface area contributed by atoms with Crippen LogP contribution in [0.1, 0.15) is 32.5 Å². The second kappa shape index (κ2) is 2.44. The molecule has 12 heavy (non-hydrogen) atoms. The molecule has 0 spiro atoms. The largest absolute Gasteiger partial charge is 0.208 e. The molecule has 0 saturated heterocycles. The molecule has 1 nitrogen and oxygen atoms in total. The van der Waals surface area contributed by atoms with Crippen molar-refractivity contribution in [2.24, 2.45) is 0 Å². The minimum absolute atomic E-state index is 0.543. The Labute approximate surface area is 73.4 Å². The molecule has 1 atom stereocenters. The van der Waals surface area contributed by atoms with Crippen molar-refractivity contribution in [1.29, 1.82) is 0 Å². The van der Waals surface area contributed by atoms with Crippen molar-refractivity contribution in [3.8, 4) is 0 Å². The Bertz CT molecular complexity index is 350. The van der Waals surface area contributed by atoms with Crippen LogP contribution in [-0.4, -0.2) is 0 Å². The molecule has 0 fully saturated rings. The molecule has 1 heteroatoms. The van der Waals surface area contributed by atoms with Crippen LogP contribution in [0, 0.1) is 0 Å². The van der Waals surface area contributed by atoms with Crippen molar-refractivity contribution in [2.75, 3.05) is 0 Å². The molecule has 0 bridgehead atoms. The highest BCUT2D eigenvalue weighted by molar-refractivity contribution is 5.64. The van der Waals surface area contributed by atoms with E-state index in [9.17, 15) is 0 Å². The van der Waals surface area contributed by atoms with Gasteiger partial charge in [0, 0.05) is 30.2 Å². The van der Waals surface area contributed by atoms with E-state index in [1.807, 2.05) is 0 Å². The first-order valence-corrected chi connectivity index (χ1v) is 4.39. The van der Waals surface area contributed by atoms with Crippen molar-refractivity contribution >= 4 is 5.57 Å². The predicted octanol–water partition coefficient (Wildman–Crippen LogP) is 2.34. The molecule has 62 valence electrons. The third-order valence-corrected chi connectivity index (χ3v) is 2.91. The summed E-state index contributed by atoms with van der Waals surface area (Å²) >= 11 is 0. The zero-order valence-corrected chi connectivity index (χ0v) is 7.83. The van der Waals surface area contributed by atoms with Gasteiger partial charge in [0.25, 0.3) is 0 Å². The van der Waals surface area contributed by atoms with E-state index < -0.39 is 0 Å². The normalized spacial score (nSPS) is 21.4. The maximum absolute atomic E-state index is 2.32. The molecular formula is C11H14N+. The summed E-state index contributed by atoms with van der Waals surface area (Å²) in [4.78, 5) is 0. The van der Waals surface area contributed by atoms with Gasteiger partial charge in [0.05, 0.1) is 0 Å². The van der Waals surface area contributed by atoms with Gasteiger partial charge in [-0.3, -0.25) is 0 Å². The zero-order valence-electron chi connectivity index (χ0n) is 7.83. The molecule has 0 aromatic carbocycles. The Morgan fingerprint density at radius 3 is 2.67 bits per heavy atom. The Hall–Kier alpha value is -1.11. The molecule has 0 saturated carbocycles. The van der Waals surface area contributed by atoms with Gasteiger partial charge in [-0.25, -0.2) is 0 Å². The molecule has 1 aliphatic rings. The standard InChI is InChI=1S/C11H14N/c1-8-9(2)11-6-4-5-7-12(11)10(8)3/h4-7,10H,1-3H3/q+1. The van der Waals surface area contributed by atoms with Gasteiger partial charge in [-0.1, -0.05) is 0 Å². The highest BCUT2D eigenvalue weighted by Crippen LogP contribution is 2.27. The van der Waals surface area contributed by atoms with Crippen LogP contribution in [0.25, 0.3) is 5.57 Å². The van der Waals surface area contributed by atoms with Gasteiger partial charge in [0.1, 0.15) is 0 Å². The number of fused-ring (bicyclic) bond motifs is 1. The number of allylic oxidation sites excluding steroid dienone is 2. The fraction of sp³-hybridized carbons (Fsp3) is 0.364. The van der Waals surface area contributed by atoms with E-state index in [0.717, 1.165) is 0 Å². The number of nitrogens with zero attached hydrogens (tertiary/aromatic N) is 1. The smallest absolute Gasteiger partial charge is 0.192 e. The van der Waals surface area contributed by atoms with Crippen molar-refractivity contribution < 1.29 is 4.57 Å². The lowest BCUT2D eigenvalue weighted by atomic mass is 10.1. The van der Waals surface area contributed by atoms with Crippen LogP contribution in [0.15, 0.2) is 30.0 Å². The first-order chi connectivity index (χ1) is 5.72. The van der Waals surface area contributed by atoms with Gasteiger partial charge in [0.2, 0.25) is 5.69 Å². The van der Waals surface area contributed by atoms with Crippen LogP contribution in [0.5, 0.6) is 0 Å². The van der Waals surface area contributed by atoms with Gasteiger partial charge in [-0.05, 0) is 19.9 Å². The van der Waals surface area contributed by atoms with Gasteiger partial charge >= 0.3 is 0 Å². The summed E-state index contributed by atoms with van der Waals surface area (Å²) in [5.74, 6) is 0. The topological polar surface area (TPSA) is 3.88 Å². The quantitative estimate of drug-likeness (QED) is 0.513. The second-order valence-electron chi connectivity index (χ2n) is 3.48. The van der Waals surface area contributed by atoms with Gasteiger partial charge < -0.3 is 0 Å². The highest BCUT2D eigenvalue weighted by atomic mass is 15.0. The average molecular weight is 160 g/mol. The van der Waals surface area contributed by atoms with Crippen LogP contribution >= 0.6 is 0 Å². The van der Waals surface area contributed by atoms with Gasteiger partial charge in [0.15, 0.2) is 12.2 Å². The first kappa shape index (κ1) is 7.53. The SMILES string of the molecule is CC1=C(C)C(C)[n+]2ccccc21. The first-order valence-electron chi connectivity index (χ1n) is 4.39. The lowest BCUT2D eigenvalue weighted by molar-refractivity contribution is -0.708. The van der Waals surface area contributed by atoms with Crippen LogP contribution in [0.3, 0.4) is 0 Å². The van der Waals surface area contributed by atoms with Gasteiger partial charge in [-0.15, -0.1) is 0 Å². The number of hydrogen-bond donors (Lipinski definition) is 0. The predicted molar refractivity (Wildman–Crippen MR) is 49.6 cm³/mol. The Morgan fingerprint density at radius 2 is 2.00 bits per heavy atom. The van der Waals surface area contributed by atoms with E-state index in [1.54, 1.807) is 0 Å². The van der Waals surface area contributed by atoms with Crippen LogP contribution in [0.4, 0.5) is 0 Å². The summed E-state index contributed by atoms with van der Waals surface area (Å²) < 4.78 is 2.32. The van der Waals surface area contributed by atoms with E-state index in [-0.39, 0.29) is 0 Å². The van der Waals surface area contributed by atoms with Crippen LogP contribution in [-0.2, 0) is 0 Å². The zero-order chi connectivity index (χ0) is 8.72. The molecule has 2 rings (SSSR count). The van der Waals surface area contributed by atoms with Crippen LogP contribution < -0.4 is 4.57 Å². The summed E-state index contributed by atoms with van der Waals surface area (Å²) in [6.07, 6.45) is 2.15. The molecule has 0 amide bonds. The van der Waals surface area contributed by atoms with Crippen molar-refractivity contribution in [2.45, 2.75) is 26.8 Å². The molecule has 1 aromatic rings. The monoisotopic (exact) mass is 160 g/mol. The average Bonchev–Trinajstić information content (AvgIpc) is 2.33. The third-order valence-electron chi connectivity index (χ3n) is 2.91. The minimum Gasteiger partial charge on any atom is -0.192 e. The molecule has 1 unspecified atom stereocenters. The van der Waals surface area contributed by atoms with E-state index in [4.69, 9.17) is 0 Å². The molecule has 2 heterocycles. The summed E-state index contributed by atoms with van der Waals surface area (Å²) in [7, 11) is 0. The van der Waals surface area contributed by atoms with Crippen molar-refractivity contribution in [3.63, 3.8) is 0 Å². The summed E-state index contributed by atoms with van der Waals surface area (Å²) in [5.41, 5.74) is 4.28. The Morgan fingerprint density at radius 1 is 1.25 bits per heavy atom. The van der Waals surface area contributed by atoms with E-state index >= 15 is 0 Å². The fourth-order valence-corrected chi connectivity index (χ4v) is 1.84. The molecule has 0 radical (unpaired) electrons. The molecule has 1 aromatic heterocycles. The maximum Gasteiger partial charge on any atom is 0.208 e. The van der Waals surface area contributed by atoms with Gasteiger partial charge in [-0.2, -0.15) is 4.57 Å². The lowest BCUT2D eigenvalue weighted by Gasteiger charge is -1.99. The minimum atomic E-state index is 0.543. The molecule has 1 aliphatic heterocycles. The van der Waals surface area contributed by atoms with Crippen LogP contribution in [0.2, 0.25) is 0 Å². The summed E-state index contributed by atoms with van der Waals surface area (Å²) in [6, 6.07) is 6.91. The number of rotatable bonds is 0. The number of aromatic nitrogens is 1. The summed E-state index contributed by atoms with van der Waals surface area (Å²) in [6.45, 7) is 6.66.